The summed E-state index contributed by atoms with van der Waals surface area (Å²) in [5.74, 6) is 2.92. The topological polar surface area (TPSA) is 29.5 Å². The van der Waals surface area contributed by atoms with Crippen LogP contribution in [0.1, 0.15) is 6.42 Å². The maximum atomic E-state index is 12.1. The van der Waals surface area contributed by atoms with E-state index in [1.165, 1.54) is 0 Å². The molecule has 0 radical (unpaired) electrons. The monoisotopic (exact) mass is 229 g/mol. The van der Waals surface area contributed by atoms with Crippen LogP contribution in [0.4, 0.5) is 0 Å². The van der Waals surface area contributed by atoms with E-state index in [1.54, 1.807) is 0 Å². The zero-order valence-corrected chi connectivity index (χ0v) is 9.45. The van der Waals surface area contributed by atoms with Crippen LogP contribution in [0, 0.1) is 23.7 Å². The molecule has 3 aliphatic rings. The fraction of sp³-hybridized carbons (Fsp3) is 0.909. The zero-order chi connectivity index (χ0) is 10.4. The number of hydrogen-bond donors (Lipinski definition) is 0. The summed E-state index contributed by atoms with van der Waals surface area (Å²) in [4.78, 5) is 14.1. The SMILES string of the molecule is O=C(C1C2COCC21)N1CCC(CCl)C1. The minimum Gasteiger partial charge on any atom is -0.381 e. The number of ether oxygens (including phenoxy) is 1. The molecule has 1 amide bonds. The molecule has 0 aromatic carbocycles. The Kier molecular flexibility index (Phi) is 2.40. The number of carbonyl (C=O) groups is 1. The lowest BCUT2D eigenvalue weighted by molar-refractivity contribution is -0.133. The van der Waals surface area contributed by atoms with Gasteiger partial charge in [-0.05, 0) is 24.2 Å². The largest absolute Gasteiger partial charge is 0.381 e. The van der Waals surface area contributed by atoms with Gasteiger partial charge in [0.2, 0.25) is 5.91 Å². The number of halogens is 1. The minimum absolute atomic E-state index is 0.285. The van der Waals surface area contributed by atoms with Crippen molar-refractivity contribution in [2.24, 2.45) is 23.7 Å². The quantitative estimate of drug-likeness (QED) is 0.661. The highest BCUT2D eigenvalue weighted by Crippen LogP contribution is 2.51. The van der Waals surface area contributed by atoms with Crippen LogP contribution in [0.2, 0.25) is 0 Å². The van der Waals surface area contributed by atoms with Crippen molar-refractivity contribution in [3.05, 3.63) is 0 Å². The first kappa shape index (κ1) is 9.91. The van der Waals surface area contributed by atoms with Gasteiger partial charge < -0.3 is 9.64 Å². The summed E-state index contributed by atoms with van der Waals surface area (Å²) in [5, 5.41) is 0. The second-order valence-corrected chi connectivity index (χ2v) is 5.29. The number of hydrogen-bond acceptors (Lipinski definition) is 2. The second kappa shape index (κ2) is 3.63. The number of likely N-dealkylation sites (tertiary alicyclic amines) is 1. The molecule has 2 heterocycles. The Morgan fingerprint density at radius 3 is 2.73 bits per heavy atom. The van der Waals surface area contributed by atoms with Crippen molar-refractivity contribution >= 4 is 17.5 Å². The van der Waals surface area contributed by atoms with E-state index in [2.05, 4.69) is 0 Å². The van der Waals surface area contributed by atoms with Gasteiger partial charge in [0.25, 0.3) is 0 Å². The molecule has 0 spiro atoms. The fourth-order valence-electron chi connectivity index (χ4n) is 2.98. The van der Waals surface area contributed by atoms with Crippen molar-refractivity contribution in [2.45, 2.75) is 6.42 Å². The lowest BCUT2D eigenvalue weighted by atomic mass is 10.2. The third kappa shape index (κ3) is 1.56. The van der Waals surface area contributed by atoms with E-state index in [-0.39, 0.29) is 5.92 Å². The van der Waals surface area contributed by atoms with Gasteiger partial charge in [0.05, 0.1) is 13.2 Å². The van der Waals surface area contributed by atoms with Gasteiger partial charge in [-0.3, -0.25) is 4.79 Å². The average molecular weight is 230 g/mol. The van der Waals surface area contributed by atoms with Gasteiger partial charge >= 0.3 is 0 Å². The summed E-state index contributed by atoms with van der Waals surface area (Å²) in [6, 6.07) is 0. The highest BCUT2D eigenvalue weighted by Gasteiger charge is 2.59. The number of nitrogens with zero attached hydrogens (tertiary/aromatic N) is 1. The smallest absolute Gasteiger partial charge is 0.226 e. The standard InChI is InChI=1S/C11H16ClNO2/c12-3-7-1-2-13(4-7)11(14)10-8-5-15-6-9(8)10/h7-10H,1-6H2. The number of amides is 1. The maximum absolute atomic E-state index is 12.1. The normalized spacial score (nSPS) is 43.1. The number of rotatable bonds is 2. The van der Waals surface area contributed by atoms with E-state index in [9.17, 15) is 4.79 Å². The first-order valence-corrected chi connectivity index (χ1v) is 6.27. The number of fused-ring (bicyclic) bond motifs is 1. The van der Waals surface area contributed by atoms with E-state index < -0.39 is 0 Å². The highest BCUT2D eigenvalue weighted by molar-refractivity contribution is 6.18. The molecule has 0 bridgehead atoms. The predicted molar refractivity (Wildman–Crippen MR) is 56.7 cm³/mol. The Morgan fingerprint density at radius 2 is 2.13 bits per heavy atom. The summed E-state index contributed by atoms with van der Waals surface area (Å²) >= 11 is 5.81. The van der Waals surface area contributed by atoms with Gasteiger partial charge in [-0.2, -0.15) is 0 Å². The molecule has 2 aliphatic heterocycles. The lowest BCUT2D eigenvalue weighted by Gasteiger charge is -2.17. The highest BCUT2D eigenvalue weighted by atomic mass is 35.5. The third-order valence-electron chi connectivity index (χ3n) is 4.05. The molecule has 4 heteroatoms. The molecule has 0 aromatic rings. The molecule has 3 nitrogen and oxygen atoms in total. The Bertz CT molecular complexity index is 274. The predicted octanol–water partition coefficient (Wildman–Crippen LogP) is 0.966. The molecule has 2 saturated heterocycles. The van der Waals surface area contributed by atoms with Crippen molar-refractivity contribution in [3.8, 4) is 0 Å². The van der Waals surface area contributed by atoms with Gasteiger partial charge in [-0.1, -0.05) is 0 Å². The van der Waals surface area contributed by atoms with Gasteiger partial charge in [0, 0.05) is 24.9 Å². The van der Waals surface area contributed by atoms with Crippen LogP contribution in [0.5, 0.6) is 0 Å². The maximum Gasteiger partial charge on any atom is 0.226 e. The van der Waals surface area contributed by atoms with Crippen LogP contribution >= 0.6 is 11.6 Å². The van der Waals surface area contributed by atoms with Crippen LogP contribution in [-0.4, -0.2) is 43.0 Å². The van der Waals surface area contributed by atoms with E-state index in [1.807, 2.05) is 4.90 Å². The van der Waals surface area contributed by atoms with Crippen LogP contribution in [0.3, 0.4) is 0 Å². The van der Waals surface area contributed by atoms with Gasteiger partial charge in [-0.15, -0.1) is 11.6 Å². The zero-order valence-electron chi connectivity index (χ0n) is 8.69. The number of alkyl halides is 1. The van der Waals surface area contributed by atoms with Crippen molar-refractivity contribution in [1.82, 2.24) is 4.90 Å². The summed E-state index contributed by atoms with van der Waals surface area (Å²) in [7, 11) is 0. The molecule has 3 unspecified atom stereocenters. The summed E-state index contributed by atoms with van der Waals surface area (Å²) in [5.41, 5.74) is 0. The first-order chi connectivity index (χ1) is 7.31. The molecule has 3 atom stereocenters. The lowest BCUT2D eigenvalue weighted by Crippen LogP contribution is -2.32. The number of carbonyl (C=O) groups excluding carboxylic acids is 1. The van der Waals surface area contributed by atoms with Crippen molar-refractivity contribution in [2.75, 3.05) is 32.2 Å². The molecule has 15 heavy (non-hydrogen) atoms. The Balaban J connectivity index is 1.58. The second-order valence-electron chi connectivity index (χ2n) is 4.98. The van der Waals surface area contributed by atoms with E-state index >= 15 is 0 Å². The van der Waals surface area contributed by atoms with E-state index in [0.717, 1.165) is 32.7 Å². The molecular weight excluding hydrogens is 214 g/mol. The van der Waals surface area contributed by atoms with Crippen molar-refractivity contribution in [3.63, 3.8) is 0 Å². The van der Waals surface area contributed by atoms with Crippen molar-refractivity contribution < 1.29 is 9.53 Å². The van der Waals surface area contributed by atoms with Gasteiger partial charge in [-0.25, -0.2) is 0 Å². The molecule has 0 aromatic heterocycles. The summed E-state index contributed by atoms with van der Waals surface area (Å²) in [6.45, 7) is 3.38. The van der Waals surface area contributed by atoms with Gasteiger partial charge in [0.15, 0.2) is 0 Å². The van der Waals surface area contributed by atoms with Crippen LogP contribution < -0.4 is 0 Å². The van der Waals surface area contributed by atoms with Crippen LogP contribution in [-0.2, 0) is 9.53 Å². The molecule has 0 N–H and O–H groups in total. The molecule has 1 aliphatic carbocycles. The fourth-order valence-corrected chi connectivity index (χ4v) is 3.23. The molecule has 3 rings (SSSR count). The summed E-state index contributed by atoms with van der Waals surface area (Å²) in [6.07, 6.45) is 1.08. The van der Waals surface area contributed by atoms with E-state index in [0.29, 0.717) is 29.5 Å². The van der Waals surface area contributed by atoms with Crippen LogP contribution in [0.15, 0.2) is 0 Å². The van der Waals surface area contributed by atoms with E-state index in [4.69, 9.17) is 16.3 Å². The molecule has 84 valence electrons. The molecule has 1 saturated carbocycles. The molecule has 3 fully saturated rings. The van der Waals surface area contributed by atoms with Crippen molar-refractivity contribution in [1.29, 1.82) is 0 Å². The Labute approximate surface area is 94.7 Å². The van der Waals surface area contributed by atoms with Crippen LogP contribution in [0.25, 0.3) is 0 Å². The summed E-state index contributed by atoms with van der Waals surface area (Å²) < 4.78 is 5.30. The Hall–Kier alpha value is -0.280. The van der Waals surface area contributed by atoms with Gasteiger partial charge in [0.1, 0.15) is 0 Å². The first-order valence-electron chi connectivity index (χ1n) is 5.73. The molecular formula is C11H16ClNO2. The Morgan fingerprint density at radius 1 is 1.40 bits per heavy atom. The third-order valence-corrected chi connectivity index (χ3v) is 4.49. The minimum atomic E-state index is 0.285. The average Bonchev–Trinajstić information content (AvgIpc) is 2.73.